The number of aliphatic hydroxyl groups excluding tert-OH is 1. The Labute approximate surface area is 206 Å². The second-order valence-corrected chi connectivity index (χ2v) is 8.90. The number of hydrogen-bond acceptors (Lipinski definition) is 7. The minimum absolute atomic E-state index is 0.0106. The first-order valence-electron chi connectivity index (χ1n) is 11.8. The largest absolute Gasteiger partial charge is 0.491 e. The van der Waals surface area contributed by atoms with Gasteiger partial charge in [0.05, 0.1) is 18.2 Å². The van der Waals surface area contributed by atoms with Crippen LogP contribution in [0.2, 0.25) is 0 Å². The molecule has 1 aromatic carbocycles. The Balaban J connectivity index is 2.26. The minimum Gasteiger partial charge on any atom is -0.491 e. The standard InChI is InChI=1S/C24H37N5O6/c1-16(30)21-24(34)29(4)14-15-35-19-9-6-5-8-17(19)22(32)26-18(10-11-20(31)27-21)23(33)25-12-7-13-28(2)3/h5-6,8-9,16,18,21,30H,7,10-15H2,1-4H3,(H,25,33)(H,26,32)(H,27,31)/t16-,18+,21+/m1/s1. The fraction of sp³-hybridized carbons (Fsp3) is 0.583. The van der Waals surface area contributed by atoms with E-state index >= 15 is 0 Å². The van der Waals surface area contributed by atoms with Gasteiger partial charge >= 0.3 is 0 Å². The Morgan fingerprint density at radius 3 is 2.66 bits per heavy atom. The molecule has 11 nitrogen and oxygen atoms in total. The van der Waals surface area contributed by atoms with Crippen LogP contribution in [0.4, 0.5) is 0 Å². The summed E-state index contributed by atoms with van der Waals surface area (Å²) in [6.45, 7) is 2.88. The van der Waals surface area contributed by atoms with Crippen molar-refractivity contribution in [2.45, 2.75) is 44.4 Å². The topological polar surface area (TPSA) is 140 Å². The van der Waals surface area contributed by atoms with Crippen LogP contribution in [-0.2, 0) is 14.4 Å². The van der Waals surface area contributed by atoms with Gasteiger partial charge in [-0.05, 0) is 52.5 Å². The van der Waals surface area contributed by atoms with E-state index in [0.717, 1.165) is 13.0 Å². The van der Waals surface area contributed by atoms with Gasteiger partial charge in [0, 0.05) is 20.0 Å². The van der Waals surface area contributed by atoms with E-state index in [4.69, 9.17) is 4.74 Å². The van der Waals surface area contributed by atoms with Crippen LogP contribution in [0.25, 0.3) is 0 Å². The maximum atomic E-state index is 13.0. The van der Waals surface area contributed by atoms with Crippen molar-refractivity contribution in [2.24, 2.45) is 0 Å². The van der Waals surface area contributed by atoms with E-state index in [1.807, 2.05) is 19.0 Å². The van der Waals surface area contributed by atoms with Gasteiger partial charge in [-0.1, -0.05) is 12.1 Å². The monoisotopic (exact) mass is 491 g/mol. The average molecular weight is 492 g/mol. The molecule has 0 radical (unpaired) electrons. The molecule has 11 heteroatoms. The maximum absolute atomic E-state index is 13.0. The molecular formula is C24H37N5O6. The summed E-state index contributed by atoms with van der Waals surface area (Å²) in [6.07, 6.45) is -0.519. The van der Waals surface area contributed by atoms with Crippen molar-refractivity contribution in [2.75, 3.05) is 47.4 Å². The van der Waals surface area contributed by atoms with E-state index in [2.05, 4.69) is 16.0 Å². The van der Waals surface area contributed by atoms with Crippen molar-refractivity contribution in [3.8, 4) is 5.75 Å². The zero-order valence-electron chi connectivity index (χ0n) is 20.9. The van der Waals surface area contributed by atoms with Crippen LogP contribution in [0, 0.1) is 0 Å². The molecule has 0 fully saturated rings. The molecule has 0 aliphatic carbocycles. The second-order valence-electron chi connectivity index (χ2n) is 8.90. The van der Waals surface area contributed by atoms with E-state index in [0.29, 0.717) is 12.3 Å². The van der Waals surface area contributed by atoms with Crippen molar-refractivity contribution >= 4 is 23.6 Å². The predicted octanol–water partition coefficient (Wildman–Crippen LogP) is -0.650. The van der Waals surface area contributed by atoms with Crippen molar-refractivity contribution in [1.29, 1.82) is 0 Å². The normalized spacial score (nSPS) is 21.1. The van der Waals surface area contributed by atoms with Crippen LogP contribution in [-0.4, -0.2) is 104 Å². The molecule has 194 valence electrons. The van der Waals surface area contributed by atoms with Crippen LogP contribution in [0.1, 0.15) is 36.5 Å². The number of carbonyl (C=O) groups excluding carboxylic acids is 4. The van der Waals surface area contributed by atoms with Crippen LogP contribution in [0.5, 0.6) is 5.75 Å². The zero-order chi connectivity index (χ0) is 26.0. The van der Waals surface area contributed by atoms with Crippen LogP contribution >= 0.6 is 0 Å². The van der Waals surface area contributed by atoms with Gasteiger partial charge in [0.2, 0.25) is 17.7 Å². The van der Waals surface area contributed by atoms with Crippen LogP contribution < -0.4 is 20.7 Å². The van der Waals surface area contributed by atoms with Gasteiger partial charge in [-0.15, -0.1) is 0 Å². The van der Waals surface area contributed by atoms with Crippen molar-refractivity contribution in [1.82, 2.24) is 25.8 Å². The number of rotatable bonds is 6. The molecule has 35 heavy (non-hydrogen) atoms. The fourth-order valence-corrected chi connectivity index (χ4v) is 3.56. The van der Waals surface area contributed by atoms with Crippen molar-refractivity contribution in [3.05, 3.63) is 29.8 Å². The second kappa shape index (κ2) is 13.6. The smallest absolute Gasteiger partial charge is 0.255 e. The number of nitrogens with zero attached hydrogens (tertiary/aromatic N) is 2. The summed E-state index contributed by atoms with van der Waals surface area (Å²) in [7, 11) is 5.41. The number of hydrogen-bond donors (Lipinski definition) is 4. The van der Waals surface area contributed by atoms with Crippen LogP contribution in [0.3, 0.4) is 0 Å². The number of para-hydroxylation sites is 1. The number of likely N-dealkylation sites (N-methyl/N-ethyl adjacent to an activating group) is 1. The number of amides is 4. The van der Waals surface area contributed by atoms with Gasteiger partial charge in [0.15, 0.2) is 0 Å². The number of ether oxygens (including phenoxy) is 1. The first kappa shape index (κ1) is 28.1. The van der Waals surface area contributed by atoms with Crippen molar-refractivity contribution < 1.29 is 29.0 Å². The molecule has 1 aromatic rings. The molecular weight excluding hydrogens is 454 g/mol. The zero-order valence-corrected chi connectivity index (χ0v) is 20.9. The van der Waals surface area contributed by atoms with E-state index in [-0.39, 0.29) is 31.6 Å². The highest BCUT2D eigenvalue weighted by Gasteiger charge is 2.30. The Hall–Kier alpha value is -3.18. The Bertz CT molecular complexity index is 891. The number of fused-ring (bicyclic) bond motifs is 1. The molecule has 0 spiro atoms. The van der Waals surface area contributed by atoms with E-state index in [1.165, 1.54) is 11.8 Å². The van der Waals surface area contributed by atoms with E-state index < -0.39 is 41.8 Å². The molecule has 0 saturated carbocycles. The molecule has 1 aliphatic heterocycles. The SMILES string of the molecule is C[C@@H](O)[C@@H]1NC(=O)CC[C@@H](C(=O)NCCCN(C)C)NC(=O)c2ccccc2OCCN(C)C1=O. The summed E-state index contributed by atoms with van der Waals surface area (Å²) in [5.74, 6) is -1.58. The highest BCUT2D eigenvalue weighted by atomic mass is 16.5. The number of carbonyl (C=O) groups is 4. The lowest BCUT2D eigenvalue weighted by Crippen LogP contribution is -2.53. The fourth-order valence-electron chi connectivity index (χ4n) is 3.56. The number of benzene rings is 1. The third-order valence-electron chi connectivity index (χ3n) is 5.62. The summed E-state index contributed by atoms with van der Waals surface area (Å²) in [6, 6.07) is 4.50. The molecule has 0 unspecified atom stereocenters. The first-order chi connectivity index (χ1) is 16.6. The summed E-state index contributed by atoms with van der Waals surface area (Å²) < 4.78 is 5.76. The molecule has 3 atom stereocenters. The maximum Gasteiger partial charge on any atom is 0.255 e. The Kier molecular flexibility index (Phi) is 10.9. The lowest BCUT2D eigenvalue weighted by atomic mass is 10.1. The molecule has 4 amide bonds. The molecule has 4 N–H and O–H groups in total. The predicted molar refractivity (Wildman–Crippen MR) is 130 cm³/mol. The molecule has 0 aromatic heterocycles. The Morgan fingerprint density at radius 1 is 1.26 bits per heavy atom. The van der Waals surface area contributed by atoms with Crippen molar-refractivity contribution in [3.63, 3.8) is 0 Å². The molecule has 1 aliphatic rings. The first-order valence-corrected chi connectivity index (χ1v) is 11.8. The van der Waals surface area contributed by atoms with Crippen LogP contribution in [0.15, 0.2) is 24.3 Å². The Morgan fingerprint density at radius 2 is 1.97 bits per heavy atom. The average Bonchev–Trinajstić information content (AvgIpc) is 2.81. The van der Waals surface area contributed by atoms with Gasteiger partial charge in [0.25, 0.3) is 5.91 Å². The van der Waals surface area contributed by atoms with Gasteiger partial charge in [-0.3, -0.25) is 19.2 Å². The minimum atomic E-state index is -1.14. The third-order valence-corrected chi connectivity index (χ3v) is 5.62. The van der Waals surface area contributed by atoms with Gasteiger partial charge < -0.3 is 35.6 Å². The lowest BCUT2D eigenvalue weighted by molar-refractivity contribution is -0.138. The van der Waals surface area contributed by atoms with Gasteiger partial charge in [-0.25, -0.2) is 0 Å². The van der Waals surface area contributed by atoms with Gasteiger partial charge in [-0.2, -0.15) is 0 Å². The lowest BCUT2D eigenvalue weighted by Gasteiger charge is -2.26. The molecule has 2 rings (SSSR count). The highest BCUT2D eigenvalue weighted by molar-refractivity contribution is 5.99. The quantitative estimate of drug-likeness (QED) is 0.388. The summed E-state index contributed by atoms with van der Waals surface area (Å²) in [5, 5.41) is 18.2. The molecule has 1 heterocycles. The summed E-state index contributed by atoms with van der Waals surface area (Å²) >= 11 is 0. The molecule has 0 bridgehead atoms. The number of aliphatic hydroxyl groups is 1. The van der Waals surface area contributed by atoms with E-state index in [9.17, 15) is 24.3 Å². The van der Waals surface area contributed by atoms with E-state index in [1.54, 1.807) is 31.3 Å². The van der Waals surface area contributed by atoms with Gasteiger partial charge in [0.1, 0.15) is 24.4 Å². The number of nitrogens with one attached hydrogen (secondary N) is 3. The molecule has 0 saturated heterocycles. The summed E-state index contributed by atoms with van der Waals surface area (Å²) in [5.41, 5.74) is 0.244. The third kappa shape index (κ3) is 8.84. The summed E-state index contributed by atoms with van der Waals surface area (Å²) in [4.78, 5) is 54.7. The highest BCUT2D eigenvalue weighted by Crippen LogP contribution is 2.18.